The second kappa shape index (κ2) is 3.34. The number of hydrogen-bond acceptors (Lipinski definition) is 3. The van der Waals surface area contributed by atoms with E-state index < -0.39 is 23.9 Å². The van der Waals surface area contributed by atoms with Crippen LogP contribution in [0.4, 0.5) is 14.6 Å². The van der Waals surface area contributed by atoms with Gasteiger partial charge in [-0.05, 0) is 12.1 Å². The zero-order valence-electron chi connectivity index (χ0n) is 6.37. The lowest BCUT2D eigenvalue weighted by molar-refractivity contribution is 0.0697. The molecule has 1 aromatic heterocycles. The van der Waals surface area contributed by atoms with Crippen molar-refractivity contribution in [1.82, 2.24) is 4.98 Å². The van der Waals surface area contributed by atoms with E-state index in [1.54, 1.807) is 0 Å². The molecule has 0 amide bonds. The number of pyridine rings is 1. The van der Waals surface area contributed by atoms with Gasteiger partial charge in [-0.1, -0.05) is 0 Å². The number of hydrogen-bond donors (Lipinski definition) is 2. The largest absolute Gasteiger partial charge is 0.478 e. The highest BCUT2D eigenvalue weighted by Crippen LogP contribution is 2.19. The van der Waals surface area contributed by atoms with Crippen molar-refractivity contribution in [3.63, 3.8) is 0 Å². The Morgan fingerprint density at radius 1 is 1.54 bits per heavy atom. The van der Waals surface area contributed by atoms with Gasteiger partial charge in [0.2, 0.25) is 0 Å². The highest BCUT2D eigenvalue weighted by molar-refractivity contribution is 5.92. The number of anilines is 1. The Kier molecular flexibility index (Phi) is 2.41. The first kappa shape index (κ1) is 9.37. The highest BCUT2D eigenvalue weighted by atomic mass is 19.3. The van der Waals surface area contributed by atoms with E-state index in [0.717, 1.165) is 12.1 Å². The molecule has 13 heavy (non-hydrogen) atoms. The first-order valence-corrected chi connectivity index (χ1v) is 3.30. The van der Waals surface area contributed by atoms with Crippen LogP contribution in [0.15, 0.2) is 12.1 Å². The first-order chi connectivity index (χ1) is 6.02. The van der Waals surface area contributed by atoms with Crippen molar-refractivity contribution in [2.24, 2.45) is 0 Å². The molecular formula is C7H6F2N2O2. The standard InChI is InChI=1S/C7H6F2N2O2/c8-5(9)4-2-1-3(7(12)13)6(10)11-4/h1-2,5H,(H2,10,11)(H,12,13). The van der Waals surface area contributed by atoms with Crippen molar-refractivity contribution in [3.8, 4) is 0 Å². The highest BCUT2D eigenvalue weighted by Gasteiger charge is 2.14. The van der Waals surface area contributed by atoms with Gasteiger partial charge in [0.25, 0.3) is 6.43 Å². The fourth-order valence-corrected chi connectivity index (χ4v) is 0.793. The Bertz CT molecular complexity index is 341. The molecular weight excluding hydrogens is 182 g/mol. The predicted octanol–water partition coefficient (Wildman–Crippen LogP) is 1.30. The number of carbonyl (C=O) groups is 1. The summed E-state index contributed by atoms with van der Waals surface area (Å²) in [4.78, 5) is 13.6. The van der Waals surface area contributed by atoms with Crippen LogP contribution in [-0.2, 0) is 0 Å². The molecule has 0 aliphatic rings. The molecule has 0 bridgehead atoms. The van der Waals surface area contributed by atoms with Gasteiger partial charge < -0.3 is 10.8 Å². The topological polar surface area (TPSA) is 76.2 Å². The molecule has 0 unspecified atom stereocenters. The van der Waals surface area contributed by atoms with E-state index in [0.29, 0.717) is 0 Å². The summed E-state index contributed by atoms with van der Waals surface area (Å²) in [5.74, 6) is -1.68. The number of nitrogens with zero attached hydrogens (tertiary/aromatic N) is 1. The van der Waals surface area contributed by atoms with Crippen LogP contribution in [0.25, 0.3) is 0 Å². The number of nitrogens with two attached hydrogens (primary N) is 1. The van der Waals surface area contributed by atoms with Gasteiger partial charge >= 0.3 is 5.97 Å². The monoisotopic (exact) mass is 188 g/mol. The lowest BCUT2D eigenvalue weighted by Crippen LogP contribution is -2.06. The van der Waals surface area contributed by atoms with E-state index in [1.807, 2.05) is 0 Å². The maximum Gasteiger partial charge on any atom is 0.339 e. The predicted molar refractivity (Wildman–Crippen MR) is 40.6 cm³/mol. The molecule has 0 saturated heterocycles. The van der Waals surface area contributed by atoms with E-state index in [-0.39, 0.29) is 5.56 Å². The summed E-state index contributed by atoms with van der Waals surface area (Å²) in [6.07, 6.45) is -2.75. The summed E-state index contributed by atoms with van der Waals surface area (Å²) in [5.41, 5.74) is 4.34. The number of aromatic carboxylic acids is 1. The zero-order valence-corrected chi connectivity index (χ0v) is 6.37. The van der Waals surface area contributed by atoms with Gasteiger partial charge in [-0.25, -0.2) is 18.6 Å². The Morgan fingerprint density at radius 3 is 2.54 bits per heavy atom. The normalized spacial score (nSPS) is 10.4. The molecule has 0 fully saturated rings. The maximum absolute atomic E-state index is 12.0. The first-order valence-electron chi connectivity index (χ1n) is 3.30. The van der Waals surface area contributed by atoms with Crippen LogP contribution in [0.3, 0.4) is 0 Å². The lowest BCUT2D eigenvalue weighted by Gasteiger charge is -2.02. The maximum atomic E-state index is 12.0. The number of nitrogen functional groups attached to an aromatic ring is 1. The van der Waals surface area contributed by atoms with Crippen LogP contribution in [0.2, 0.25) is 0 Å². The summed E-state index contributed by atoms with van der Waals surface area (Å²) in [6, 6.07) is 1.94. The summed E-state index contributed by atoms with van der Waals surface area (Å²) in [5, 5.41) is 8.49. The summed E-state index contributed by atoms with van der Waals surface area (Å²) >= 11 is 0. The minimum Gasteiger partial charge on any atom is -0.478 e. The van der Waals surface area contributed by atoms with E-state index in [2.05, 4.69) is 4.98 Å². The van der Waals surface area contributed by atoms with E-state index in [9.17, 15) is 13.6 Å². The Balaban J connectivity index is 3.13. The Hall–Kier alpha value is -1.72. The fraction of sp³-hybridized carbons (Fsp3) is 0.143. The third kappa shape index (κ3) is 1.90. The average molecular weight is 188 g/mol. The third-order valence-corrected chi connectivity index (χ3v) is 1.40. The van der Waals surface area contributed by atoms with Crippen molar-refractivity contribution < 1.29 is 18.7 Å². The minimum absolute atomic E-state index is 0.274. The lowest BCUT2D eigenvalue weighted by atomic mass is 10.2. The molecule has 0 aliphatic carbocycles. The summed E-state index contributed by atoms with van der Waals surface area (Å²) in [7, 11) is 0. The summed E-state index contributed by atoms with van der Waals surface area (Å²) < 4.78 is 24.0. The van der Waals surface area contributed by atoms with Crippen LogP contribution in [0.5, 0.6) is 0 Å². The molecule has 0 atom stereocenters. The van der Waals surface area contributed by atoms with Crippen LogP contribution in [-0.4, -0.2) is 16.1 Å². The molecule has 1 aromatic rings. The molecule has 1 rings (SSSR count). The number of alkyl halides is 2. The van der Waals surface area contributed by atoms with E-state index >= 15 is 0 Å². The zero-order chi connectivity index (χ0) is 10.0. The van der Waals surface area contributed by atoms with Crippen molar-refractivity contribution >= 4 is 11.8 Å². The molecule has 0 radical (unpaired) electrons. The SMILES string of the molecule is Nc1nc(C(F)F)ccc1C(=O)O. The minimum atomic E-state index is -2.75. The average Bonchev–Trinajstić information content (AvgIpc) is 2.03. The van der Waals surface area contributed by atoms with Crippen LogP contribution in [0, 0.1) is 0 Å². The second-order valence-electron chi connectivity index (χ2n) is 2.27. The number of aromatic nitrogens is 1. The van der Waals surface area contributed by atoms with Gasteiger partial charge in [0.1, 0.15) is 17.1 Å². The molecule has 1 heterocycles. The molecule has 3 N–H and O–H groups in total. The van der Waals surface area contributed by atoms with Crippen molar-refractivity contribution in [3.05, 3.63) is 23.4 Å². The van der Waals surface area contributed by atoms with Crippen molar-refractivity contribution in [2.75, 3.05) is 5.73 Å². The molecule has 6 heteroatoms. The van der Waals surface area contributed by atoms with E-state index in [4.69, 9.17) is 10.8 Å². The molecule has 0 saturated carbocycles. The van der Waals surface area contributed by atoms with Crippen molar-refractivity contribution in [1.29, 1.82) is 0 Å². The van der Waals surface area contributed by atoms with Gasteiger partial charge in [-0.2, -0.15) is 0 Å². The Labute approximate surface area is 72.0 Å². The quantitative estimate of drug-likeness (QED) is 0.733. The van der Waals surface area contributed by atoms with Crippen LogP contribution < -0.4 is 5.73 Å². The number of halogens is 2. The molecule has 0 spiro atoms. The van der Waals surface area contributed by atoms with Gasteiger partial charge in [0, 0.05) is 0 Å². The molecule has 0 aromatic carbocycles. The van der Waals surface area contributed by atoms with Crippen molar-refractivity contribution in [2.45, 2.75) is 6.43 Å². The number of carboxylic acids is 1. The fourth-order valence-electron chi connectivity index (χ4n) is 0.793. The molecule has 70 valence electrons. The van der Waals surface area contributed by atoms with Gasteiger partial charge in [-0.3, -0.25) is 0 Å². The van der Waals surface area contributed by atoms with Gasteiger partial charge in [-0.15, -0.1) is 0 Å². The van der Waals surface area contributed by atoms with Gasteiger partial charge in [0.15, 0.2) is 0 Å². The van der Waals surface area contributed by atoms with Crippen LogP contribution in [0.1, 0.15) is 22.5 Å². The smallest absolute Gasteiger partial charge is 0.339 e. The molecule has 0 aliphatic heterocycles. The number of rotatable bonds is 2. The second-order valence-corrected chi connectivity index (χ2v) is 2.27. The Morgan fingerprint density at radius 2 is 2.15 bits per heavy atom. The third-order valence-electron chi connectivity index (χ3n) is 1.40. The summed E-state index contributed by atoms with van der Waals surface area (Å²) in [6.45, 7) is 0. The number of carboxylic acid groups (broad SMARTS) is 1. The van der Waals surface area contributed by atoms with Crippen LogP contribution >= 0.6 is 0 Å². The molecule has 4 nitrogen and oxygen atoms in total. The van der Waals surface area contributed by atoms with E-state index in [1.165, 1.54) is 0 Å². The van der Waals surface area contributed by atoms with Gasteiger partial charge in [0.05, 0.1) is 0 Å².